The van der Waals surface area contributed by atoms with Gasteiger partial charge in [0.15, 0.2) is 5.82 Å². The van der Waals surface area contributed by atoms with Gasteiger partial charge < -0.3 is 20.5 Å². The van der Waals surface area contributed by atoms with E-state index in [1.54, 1.807) is 4.90 Å². The fourth-order valence-electron chi connectivity index (χ4n) is 3.84. The number of aromatic nitrogens is 2. The molecule has 8 heteroatoms. The van der Waals surface area contributed by atoms with Crippen molar-refractivity contribution in [3.63, 3.8) is 0 Å². The average molecular weight is 363 g/mol. The summed E-state index contributed by atoms with van der Waals surface area (Å²) in [6.45, 7) is 2.94. The lowest BCUT2D eigenvalue weighted by Gasteiger charge is -2.23. The van der Waals surface area contributed by atoms with Crippen molar-refractivity contribution >= 4 is 11.8 Å². The summed E-state index contributed by atoms with van der Waals surface area (Å²) in [5.74, 6) is 1.49. The van der Waals surface area contributed by atoms with Crippen LogP contribution in [-0.4, -0.2) is 52.5 Å². The molecule has 2 heterocycles. The van der Waals surface area contributed by atoms with Gasteiger partial charge in [-0.1, -0.05) is 18.0 Å². The van der Waals surface area contributed by atoms with E-state index in [1.165, 1.54) is 19.8 Å². The van der Waals surface area contributed by atoms with Crippen LogP contribution in [0.4, 0.5) is 0 Å². The Kier molecular flexibility index (Phi) is 6.24. The molecule has 0 radical (unpaired) electrons. The minimum atomic E-state index is -0.216. The summed E-state index contributed by atoms with van der Waals surface area (Å²) in [6, 6.07) is -0.0648. The van der Waals surface area contributed by atoms with E-state index >= 15 is 0 Å². The van der Waals surface area contributed by atoms with E-state index in [4.69, 9.17) is 10.3 Å². The molecule has 2 aliphatic rings. The van der Waals surface area contributed by atoms with Crippen LogP contribution in [0.5, 0.6) is 0 Å². The summed E-state index contributed by atoms with van der Waals surface area (Å²) in [6.07, 6.45) is 6.68. The van der Waals surface area contributed by atoms with Crippen molar-refractivity contribution in [3.8, 4) is 0 Å². The number of nitrogens with two attached hydrogens (primary N) is 1. The highest BCUT2D eigenvalue weighted by atomic mass is 16.5. The number of rotatable bonds is 5. The third kappa shape index (κ3) is 4.81. The van der Waals surface area contributed by atoms with Crippen molar-refractivity contribution in [2.24, 2.45) is 11.7 Å². The molecule has 2 atom stereocenters. The largest absolute Gasteiger partial charge is 0.355 e. The first-order valence-corrected chi connectivity index (χ1v) is 9.64. The second kappa shape index (κ2) is 8.62. The van der Waals surface area contributed by atoms with Crippen LogP contribution in [0, 0.1) is 5.92 Å². The van der Waals surface area contributed by atoms with Crippen molar-refractivity contribution in [1.82, 2.24) is 20.4 Å². The molecular formula is C18H29N5O3. The molecule has 0 aromatic carbocycles. The van der Waals surface area contributed by atoms with Gasteiger partial charge in [-0.25, -0.2) is 0 Å². The van der Waals surface area contributed by atoms with Gasteiger partial charge in [0.2, 0.25) is 17.7 Å². The van der Waals surface area contributed by atoms with Gasteiger partial charge in [0, 0.05) is 44.9 Å². The molecule has 3 rings (SSSR count). The van der Waals surface area contributed by atoms with Crippen molar-refractivity contribution in [2.45, 2.75) is 63.8 Å². The summed E-state index contributed by atoms with van der Waals surface area (Å²) >= 11 is 0. The Balaban J connectivity index is 1.46. The summed E-state index contributed by atoms with van der Waals surface area (Å²) in [7, 11) is 0. The Morgan fingerprint density at radius 3 is 2.73 bits per heavy atom. The smallest absolute Gasteiger partial charge is 0.229 e. The zero-order chi connectivity index (χ0) is 18.5. The van der Waals surface area contributed by atoms with Crippen molar-refractivity contribution in [3.05, 3.63) is 11.7 Å². The second-order valence-corrected chi connectivity index (χ2v) is 7.53. The first-order chi connectivity index (χ1) is 12.5. The number of likely N-dealkylation sites (tertiary alicyclic amines) is 1. The highest BCUT2D eigenvalue weighted by Crippen LogP contribution is 2.32. The minimum absolute atomic E-state index is 0.0358. The number of amides is 2. The van der Waals surface area contributed by atoms with Crippen molar-refractivity contribution in [2.75, 3.05) is 19.6 Å². The van der Waals surface area contributed by atoms with Crippen LogP contribution >= 0.6 is 0 Å². The Hall–Kier alpha value is -1.96. The summed E-state index contributed by atoms with van der Waals surface area (Å²) in [5.41, 5.74) is 6.00. The zero-order valence-electron chi connectivity index (χ0n) is 15.4. The quantitative estimate of drug-likeness (QED) is 0.806. The lowest BCUT2D eigenvalue weighted by atomic mass is 10.0. The van der Waals surface area contributed by atoms with E-state index in [-0.39, 0.29) is 23.8 Å². The van der Waals surface area contributed by atoms with Crippen LogP contribution in [0.1, 0.15) is 63.1 Å². The van der Waals surface area contributed by atoms with E-state index in [1.807, 2.05) is 0 Å². The molecule has 1 saturated heterocycles. The fraction of sp³-hybridized carbons (Fsp3) is 0.778. The molecule has 1 aliphatic carbocycles. The molecule has 144 valence electrons. The Labute approximate surface area is 153 Å². The van der Waals surface area contributed by atoms with Gasteiger partial charge in [-0.15, -0.1) is 0 Å². The standard InChI is InChI=1S/C18H29N5O3/c1-12(24)23-10-14(6-7-15(19)11-23)17(25)20-9-8-16-21-18(26-22-16)13-4-2-3-5-13/h13-15H,2-11,19H2,1H3,(H,20,25)/t14-,15+/m1/s1. The maximum absolute atomic E-state index is 12.5. The third-order valence-electron chi connectivity index (χ3n) is 5.43. The predicted octanol–water partition coefficient (Wildman–Crippen LogP) is 0.972. The SMILES string of the molecule is CC(=O)N1C[C@@H](N)CC[C@@H](C(=O)NCCc2noc(C3CCCC3)n2)C1. The summed E-state index contributed by atoms with van der Waals surface area (Å²) in [4.78, 5) is 30.3. The maximum atomic E-state index is 12.5. The molecule has 1 aromatic heterocycles. The van der Waals surface area contributed by atoms with Crippen molar-refractivity contribution in [1.29, 1.82) is 0 Å². The monoisotopic (exact) mass is 363 g/mol. The first-order valence-electron chi connectivity index (χ1n) is 9.64. The Bertz CT molecular complexity index is 626. The molecule has 1 aromatic rings. The second-order valence-electron chi connectivity index (χ2n) is 7.53. The van der Waals surface area contributed by atoms with Crippen LogP contribution in [0.2, 0.25) is 0 Å². The van der Waals surface area contributed by atoms with Gasteiger partial charge in [-0.2, -0.15) is 4.98 Å². The van der Waals surface area contributed by atoms with Crippen LogP contribution in [0.25, 0.3) is 0 Å². The molecule has 1 saturated carbocycles. The van der Waals surface area contributed by atoms with Gasteiger partial charge in [-0.3, -0.25) is 9.59 Å². The van der Waals surface area contributed by atoms with E-state index < -0.39 is 0 Å². The van der Waals surface area contributed by atoms with Crippen molar-refractivity contribution < 1.29 is 14.1 Å². The zero-order valence-corrected chi connectivity index (χ0v) is 15.4. The molecule has 0 bridgehead atoms. The van der Waals surface area contributed by atoms with Gasteiger partial charge in [0.25, 0.3) is 0 Å². The molecule has 1 aliphatic heterocycles. The molecule has 8 nitrogen and oxygen atoms in total. The Morgan fingerprint density at radius 1 is 1.23 bits per heavy atom. The van der Waals surface area contributed by atoms with Gasteiger partial charge in [-0.05, 0) is 25.7 Å². The summed E-state index contributed by atoms with van der Waals surface area (Å²) < 4.78 is 5.36. The van der Waals surface area contributed by atoms with E-state index in [0.717, 1.165) is 25.2 Å². The fourth-order valence-corrected chi connectivity index (χ4v) is 3.84. The van der Waals surface area contributed by atoms with Crippen LogP contribution < -0.4 is 11.1 Å². The average Bonchev–Trinajstić information content (AvgIpc) is 3.24. The molecule has 0 spiro atoms. The third-order valence-corrected chi connectivity index (χ3v) is 5.43. The highest BCUT2D eigenvalue weighted by Gasteiger charge is 2.28. The molecule has 2 fully saturated rings. The van der Waals surface area contributed by atoms with Crippen LogP contribution in [-0.2, 0) is 16.0 Å². The highest BCUT2D eigenvalue weighted by molar-refractivity contribution is 5.80. The Morgan fingerprint density at radius 2 is 2.00 bits per heavy atom. The summed E-state index contributed by atoms with van der Waals surface area (Å²) in [5, 5.41) is 6.97. The van der Waals surface area contributed by atoms with Gasteiger partial charge in [0.05, 0.1) is 5.92 Å². The number of hydrogen-bond donors (Lipinski definition) is 2. The molecule has 3 N–H and O–H groups in total. The normalized spacial score (nSPS) is 24.5. The lowest BCUT2D eigenvalue weighted by molar-refractivity contribution is -0.131. The lowest BCUT2D eigenvalue weighted by Crippen LogP contribution is -2.42. The minimum Gasteiger partial charge on any atom is -0.355 e. The number of nitrogens with one attached hydrogen (secondary N) is 1. The molecule has 0 unspecified atom stereocenters. The van der Waals surface area contributed by atoms with Crippen LogP contribution in [0.3, 0.4) is 0 Å². The molecular weight excluding hydrogens is 334 g/mol. The van der Waals surface area contributed by atoms with E-state index in [0.29, 0.717) is 44.2 Å². The first kappa shape index (κ1) is 18.8. The topological polar surface area (TPSA) is 114 Å². The maximum Gasteiger partial charge on any atom is 0.229 e. The number of carbonyl (C=O) groups is 2. The molecule has 26 heavy (non-hydrogen) atoms. The van der Waals surface area contributed by atoms with Gasteiger partial charge in [0.1, 0.15) is 0 Å². The van der Waals surface area contributed by atoms with Crippen LogP contribution in [0.15, 0.2) is 4.52 Å². The molecule has 2 amide bonds. The van der Waals surface area contributed by atoms with E-state index in [2.05, 4.69) is 15.5 Å². The predicted molar refractivity (Wildman–Crippen MR) is 95.2 cm³/mol. The van der Waals surface area contributed by atoms with E-state index in [9.17, 15) is 9.59 Å². The number of nitrogens with zero attached hydrogens (tertiary/aromatic N) is 3. The number of hydrogen-bond acceptors (Lipinski definition) is 6. The number of carbonyl (C=O) groups excluding carboxylic acids is 2. The van der Waals surface area contributed by atoms with Gasteiger partial charge >= 0.3 is 0 Å².